The van der Waals surface area contributed by atoms with E-state index in [1.165, 1.54) is 125 Å². The van der Waals surface area contributed by atoms with Crippen molar-refractivity contribution in [3.63, 3.8) is 0 Å². The molecule has 0 saturated carbocycles. The monoisotopic (exact) mass is 1980 g/mol. The molecule has 0 radical (unpaired) electrons. The Balaban J connectivity index is -0.00000135. The smallest absolute Gasteiger partial charge is 0.353 e. The molecule has 31 nitrogen and oxygen atoms in total. The topological polar surface area (TPSA) is 454 Å². The van der Waals surface area contributed by atoms with Crippen molar-refractivity contribution in [2.45, 2.75) is 88.5 Å². The minimum Gasteiger partial charge on any atom is -0.507 e. The first kappa shape index (κ1) is 116. The van der Waals surface area contributed by atoms with E-state index in [-0.39, 0.29) is 154 Å². The number of halogens is 6. The number of nitrogens with two attached hydrogens (primary N) is 2. The van der Waals surface area contributed by atoms with Crippen molar-refractivity contribution in [2.24, 2.45) is 17.6 Å². The molecule has 3 fully saturated rings. The van der Waals surface area contributed by atoms with Gasteiger partial charge >= 0.3 is 33.2 Å². The normalized spacial score (nSPS) is 13.9. The number of aromatic hydroxyl groups is 1. The molecular formula is C75H103Cl3F2IN5O26S7. The molecule has 3 aliphatic heterocycles. The lowest BCUT2D eigenvalue weighted by Crippen LogP contribution is -2.19. The molecule has 0 aliphatic carbocycles. The van der Waals surface area contributed by atoms with Crippen molar-refractivity contribution < 1.29 is 128 Å². The number of nitrogens with one attached hydrogen (secondary N) is 1. The number of phenols is 1. The third kappa shape index (κ3) is 43.8. The first-order chi connectivity index (χ1) is 54.2. The Kier molecular flexibility index (Phi) is 58.6. The summed E-state index contributed by atoms with van der Waals surface area (Å²) in [5.74, 6) is -1.83. The maximum atomic E-state index is 13.4. The highest BCUT2D eigenvalue weighted by molar-refractivity contribution is 14.1. The predicted octanol–water partition coefficient (Wildman–Crippen LogP) is 12.6. The van der Waals surface area contributed by atoms with Crippen molar-refractivity contribution in [1.82, 2.24) is 9.97 Å². The first-order valence-corrected chi connectivity index (χ1v) is 44.2. The fourth-order valence-electron chi connectivity index (χ4n) is 9.57. The molecule has 3 atom stereocenters. The fraction of sp³-hybridized carbons (Fsp3) is 0.400. The fourth-order valence-corrected chi connectivity index (χ4v) is 13.6. The second kappa shape index (κ2) is 60.2. The van der Waals surface area contributed by atoms with Gasteiger partial charge in [-0.05, 0) is 180 Å². The molecule has 10 rings (SSSR count). The van der Waals surface area contributed by atoms with Crippen molar-refractivity contribution in [3.8, 4) is 28.7 Å². The number of rotatable bonds is 21. The number of benzene rings is 5. The van der Waals surface area contributed by atoms with Crippen LogP contribution in [0, 0.1) is 37.3 Å². The van der Waals surface area contributed by atoms with E-state index in [0.29, 0.717) is 93.9 Å². The average molecular weight is 1990 g/mol. The van der Waals surface area contributed by atoms with Crippen LogP contribution < -0.4 is 35.7 Å². The molecule has 668 valence electrons. The number of hydrogen-bond donors (Lipinski definition) is 5. The molecule has 1 amide bonds. The van der Waals surface area contributed by atoms with Gasteiger partial charge in [-0.15, -0.1) is 12.4 Å². The number of hydrogen-bond acceptors (Lipinski definition) is 29. The zero-order valence-electron chi connectivity index (χ0n) is 66.8. The van der Waals surface area contributed by atoms with Crippen molar-refractivity contribution in [1.29, 1.82) is 0 Å². The number of sulfone groups is 2. The zero-order chi connectivity index (χ0) is 86.7. The summed E-state index contributed by atoms with van der Waals surface area (Å²) in [5, 5.41) is 11.7. The summed E-state index contributed by atoms with van der Waals surface area (Å²) in [6, 6.07) is 31.1. The number of phenolic OH excluding ortho intramolecular Hbond substituents is 1. The van der Waals surface area contributed by atoms with Crippen LogP contribution in [-0.4, -0.2) is 200 Å². The van der Waals surface area contributed by atoms with Gasteiger partial charge in [-0.1, -0.05) is 53.8 Å². The first-order valence-electron chi connectivity index (χ1n) is 34.8. The quantitative estimate of drug-likeness (QED) is 0.0111. The number of ether oxygens (including phenoxy) is 11. The molecule has 7 aromatic rings. The number of methoxy groups -OCH3 is 4. The van der Waals surface area contributed by atoms with E-state index in [0.717, 1.165) is 32.1 Å². The summed E-state index contributed by atoms with van der Waals surface area (Å²) >= 11 is 2.29. The van der Waals surface area contributed by atoms with Crippen LogP contribution in [0.3, 0.4) is 0 Å². The molecule has 3 aliphatic rings. The van der Waals surface area contributed by atoms with Crippen molar-refractivity contribution in [3.05, 3.63) is 178 Å². The molecule has 5 heterocycles. The van der Waals surface area contributed by atoms with E-state index in [4.69, 9.17) is 78.1 Å². The molecule has 0 spiro atoms. The van der Waals surface area contributed by atoms with Gasteiger partial charge in [0.2, 0.25) is 0 Å². The van der Waals surface area contributed by atoms with Gasteiger partial charge in [-0.2, -0.15) is 48.9 Å². The second-order valence-electron chi connectivity index (χ2n) is 23.5. The van der Waals surface area contributed by atoms with Crippen LogP contribution in [0.25, 0.3) is 0 Å². The molecular weight excluding hydrogens is 1880 g/mol. The predicted molar refractivity (Wildman–Crippen MR) is 473 cm³/mol. The van der Waals surface area contributed by atoms with Gasteiger partial charge in [0.05, 0.1) is 118 Å². The number of nitrogen functional groups attached to an aromatic ring is 1. The Morgan fingerprint density at radius 1 is 0.513 bits per heavy atom. The highest BCUT2D eigenvalue weighted by Gasteiger charge is 2.29. The number of para-hydroxylation sites is 2. The lowest BCUT2D eigenvalue weighted by atomic mass is 10.2. The molecule has 5 aromatic carbocycles. The Hall–Kier alpha value is -7.34. The summed E-state index contributed by atoms with van der Waals surface area (Å²) < 4.78 is 180. The lowest BCUT2D eigenvalue weighted by molar-refractivity contribution is 0.0586. The number of nitrogens with zero attached hydrogens (tertiary/aromatic N) is 2. The number of esters is 4. The van der Waals surface area contributed by atoms with Gasteiger partial charge in [0, 0.05) is 47.2 Å². The number of aromatic nitrogens is 2. The third-order valence-corrected chi connectivity index (χ3v) is 20.1. The SMILES string of the molecule is CCI.CCOc1ccc(S(=O)(=O)C[C@H]2CCOC2)cc1C(=O)Nc1ccc(F)c(C)n1.CCOc1ccc(S(=O)(=O)C[C@H]2CCOC2)cc1C(=O)OC.CCOc1ccc(S(=O)(=O)Cl)cc1C(=O)OC.CCOc1ccccc1C(=O)OC.COC(=O)c1ccccc1O.Cc1nc(N)ccc1F.Cl.N[C@H]1CCOC1.O=S(=O)(O)Cl.S.S.S. The van der Waals surface area contributed by atoms with E-state index in [2.05, 4.69) is 69.7 Å². The molecule has 2 aromatic heterocycles. The van der Waals surface area contributed by atoms with Crippen LogP contribution in [0.5, 0.6) is 28.7 Å². The molecule has 0 unspecified atom stereocenters. The van der Waals surface area contributed by atoms with E-state index in [1.807, 2.05) is 13.0 Å². The number of amides is 1. The lowest BCUT2D eigenvalue weighted by Gasteiger charge is -2.14. The van der Waals surface area contributed by atoms with Crippen molar-refractivity contribution >= 4 is 176 Å². The van der Waals surface area contributed by atoms with Crippen LogP contribution in [0.1, 0.15) is 117 Å². The van der Waals surface area contributed by atoms with Gasteiger partial charge in [-0.3, -0.25) is 9.35 Å². The third-order valence-electron chi connectivity index (χ3n) is 14.9. The van der Waals surface area contributed by atoms with E-state index in [1.54, 1.807) is 58.0 Å². The standard InChI is InChI=1S/C20H23FN2O5S.C15H20O6S.C10H11ClO5S.C10H12O3.C8H8O3.C6H7FN2.C4H9NO.C2H5I.ClHO3S.ClH.3H2S/c1-3-28-18-6-4-15(29(25,26)12-14-8-9-27-11-14)10-16(18)20(24)23-19-7-5-17(21)13(2)22-19;1-3-21-14-5-4-12(8-13(14)15(16)19-2)22(17,18)10-11-6-7-20-9-11;1-3-16-9-5-4-7(17(11,13)14)6-8(9)10(12)15-2;1-3-13-9-7-5-4-6-8(9)10(11)12-2;1-11-8(10)6-4-2-3-5-7(6)9;1-4-5(7)2-3-6(8)9-4;5-4-1-2-6-3-4;1-2-3;1-5(2,3)4;;;;/h4-7,10,14H,3,8-9,11-12H2,1-2H3,(H,22,23,24);4-5,8,11H,3,6-7,9-10H2,1-2H3;4-6H,3H2,1-2H3;4-7H,3H2,1-2H3;2-5,9H,1H3;2-3H,1H3,(H2,8,9);4H,1-3,5H2;2H2,1H3;(H,2,3,4);1H;3*1H2/t14-;11-;;;;;4-;;;;;;/m00....0....../s1. The Morgan fingerprint density at radius 2 is 0.857 bits per heavy atom. The van der Waals surface area contributed by atoms with Crippen LogP contribution in [0.15, 0.2) is 142 Å². The molecule has 119 heavy (non-hydrogen) atoms. The summed E-state index contributed by atoms with van der Waals surface area (Å²) in [6.45, 7) is 17.5. The minimum absolute atomic E-state index is 0. The maximum Gasteiger partial charge on any atom is 0.353 e. The molecule has 7 N–H and O–H groups in total. The van der Waals surface area contributed by atoms with Gasteiger partial charge < -0.3 is 74.0 Å². The molecule has 0 bridgehead atoms. The Labute approximate surface area is 743 Å². The number of pyridine rings is 2. The van der Waals surface area contributed by atoms with Crippen molar-refractivity contribution in [2.75, 3.05) is 121 Å². The summed E-state index contributed by atoms with van der Waals surface area (Å²) in [6.07, 6.45) is 2.47. The van der Waals surface area contributed by atoms with Crippen LogP contribution >= 0.6 is 96.8 Å². The molecule has 3 saturated heterocycles. The summed E-state index contributed by atoms with van der Waals surface area (Å²) in [5.41, 5.74) is 12.0. The zero-order valence-corrected chi connectivity index (χ0v) is 77.6. The number of carbonyl (C=O) groups is 5. The highest BCUT2D eigenvalue weighted by atomic mass is 127. The van der Waals surface area contributed by atoms with Gasteiger partial charge in [-0.25, -0.2) is 63.2 Å². The van der Waals surface area contributed by atoms with Gasteiger partial charge in [0.15, 0.2) is 19.7 Å². The van der Waals surface area contributed by atoms with Crippen LogP contribution in [-0.2, 0) is 71.2 Å². The number of aryl methyl sites for hydroxylation is 2. The summed E-state index contributed by atoms with van der Waals surface area (Å²) in [4.78, 5) is 65.7. The summed E-state index contributed by atoms with van der Waals surface area (Å²) in [7, 11) is -0.855. The van der Waals surface area contributed by atoms with E-state index >= 15 is 0 Å². The van der Waals surface area contributed by atoms with Crippen LogP contribution in [0.2, 0.25) is 0 Å². The number of anilines is 2. The number of carbonyl (C=O) groups excluding carboxylic acids is 5. The largest absolute Gasteiger partial charge is 0.507 e. The minimum atomic E-state index is -4.19. The highest BCUT2D eigenvalue weighted by Crippen LogP contribution is 2.30. The second-order valence-corrected chi connectivity index (χ2v) is 33.6. The number of alkyl halides is 1. The Morgan fingerprint density at radius 3 is 1.21 bits per heavy atom. The van der Waals surface area contributed by atoms with Gasteiger partial charge in [0.1, 0.15) is 74.3 Å². The Bertz CT molecular complexity index is 4750. The van der Waals surface area contributed by atoms with Gasteiger partial charge in [0.25, 0.3) is 15.0 Å². The van der Waals surface area contributed by atoms with Crippen LogP contribution in [0.4, 0.5) is 20.4 Å². The van der Waals surface area contributed by atoms with E-state index in [9.17, 15) is 58.0 Å². The van der Waals surface area contributed by atoms with E-state index < -0.39 is 67.7 Å². The average Bonchev–Trinajstić information content (AvgIpc) is 1.37. The molecule has 44 heteroatoms. The maximum absolute atomic E-state index is 13.4.